The van der Waals surface area contributed by atoms with E-state index < -0.39 is 0 Å². The van der Waals surface area contributed by atoms with E-state index in [2.05, 4.69) is 6.92 Å². The van der Waals surface area contributed by atoms with Crippen LogP contribution in [0, 0.1) is 6.42 Å². The molecule has 0 aliphatic heterocycles. The summed E-state index contributed by atoms with van der Waals surface area (Å²) in [4.78, 5) is 0. The second-order valence-electron chi connectivity index (χ2n) is 3.38. The Balaban J connectivity index is 2.73. The van der Waals surface area contributed by atoms with Gasteiger partial charge in [0, 0.05) is 6.61 Å². The van der Waals surface area contributed by atoms with Gasteiger partial charge in [0.05, 0.1) is 0 Å². The van der Waals surface area contributed by atoms with Crippen LogP contribution >= 0.6 is 0 Å². The van der Waals surface area contributed by atoms with Gasteiger partial charge in [-0.3, -0.25) is 0 Å². The number of aliphatic hydroxyl groups is 1. The Morgan fingerprint density at radius 3 is 2.08 bits per heavy atom. The summed E-state index contributed by atoms with van der Waals surface area (Å²) in [5.74, 6) is 0. The highest BCUT2D eigenvalue weighted by atomic mass is 16.2. The maximum Gasteiger partial charge on any atom is 0.0462 e. The Bertz CT molecular complexity index is 61.4. The van der Waals surface area contributed by atoms with E-state index in [1.54, 1.807) is 0 Å². The van der Waals surface area contributed by atoms with Crippen LogP contribution < -0.4 is 0 Å². The zero-order valence-corrected chi connectivity index (χ0v) is 8.39. The third kappa shape index (κ3) is 9.96. The van der Waals surface area contributed by atoms with Crippen molar-refractivity contribution in [3.05, 3.63) is 6.42 Å². The molecule has 0 rings (SSSR count). The summed E-state index contributed by atoms with van der Waals surface area (Å²) < 4.78 is 0. The smallest absolute Gasteiger partial charge is 0.0462 e. The number of hydrogen-bond donors (Lipinski definition) is 1. The normalized spacial score (nSPS) is 10.5. The zero-order valence-electron chi connectivity index (χ0n) is 8.39. The van der Waals surface area contributed by atoms with Crippen molar-refractivity contribution in [2.24, 2.45) is 0 Å². The standard InChI is InChI=1S/C11H23O/c1-2-3-4-5-6-7-8-9-10-11-12/h10,12H,2-9,11H2,1H3. The van der Waals surface area contributed by atoms with E-state index in [9.17, 15) is 0 Å². The van der Waals surface area contributed by atoms with E-state index in [4.69, 9.17) is 5.11 Å². The molecule has 73 valence electrons. The lowest BCUT2D eigenvalue weighted by atomic mass is 10.1. The molecule has 12 heavy (non-hydrogen) atoms. The van der Waals surface area contributed by atoms with Crippen LogP contribution in [0.2, 0.25) is 0 Å². The lowest BCUT2D eigenvalue weighted by molar-refractivity contribution is 0.322. The summed E-state index contributed by atoms with van der Waals surface area (Å²) in [5.41, 5.74) is 0. The number of rotatable bonds is 9. The van der Waals surface area contributed by atoms with Gasteiger partial charge in [0.15, 0.2) is 0 Å². The molecule has 0 saturated carbocycles. The van der Waals surface area contributed by atoms with E-state index in [-0.39, 0.29) is 6.61 Å². The first-order chi connectivity index (χ1) is 5.91. The van der Waals surface area contributed by atoms with Crippen molar-refractivity contribution in [3.63, 3.8) is 0 Å². The van der Waals surface area contributed by atoms with Crippen LogP contribution in [0.1, 0.15) is 58.3 Å². The number of aliphatic hydroxyl groups excluding tert-OH is 1. The molecule has 0 spiro atoms. The molecule has 0 heterocycles. The lowest BCUT2D eigenvalue weighted by Crippen LogP contribution is -1.85. The van der Waals surface area contributed by atoms with Crippen molar-refractivity contribution in [2.45, 2.75) is 58.3 Å². The van der Waals surface area contributed by atoms with Gasteiger partial charge in [-0.15, -0.1) is 0 Å². The average molecular weight is 171 g/mol. The third-order valence-corrected chi connectivity index (χ3v) is 2.14. The molecule has 0 atom stereocenters. The van der Waals surface area contributed by atoms with Crippen molar-refractivity contribution in [1.82, 2.24) is 0 Å². The van der Waals surface area contributed by atoms with Crippen LogP contribution in [0.4, 0.5) is 0 Å². The molecule has 0 saturated heterocycles. The first-order valence-electron chi connectivity index (χ1n) is 5.34. The second-order valence-corrected chi connectivity index (χ2v) is 3.38. The van der Waals surface area contributed by atoms with Crippen LogP contribution in [0.5, 0.6) is 0 Å². The Morgan fingerprint density at radius 2 is 1.50 bits per heavy atom. The van der Waals surface area contributed by atoms with Gasteiger partial charge in [-0.1, -0.05) is 51.9 Å². The molecule has 0 aromatic carbocycles. The molecule has 0 amide bonds. The fourth-order valence-corrected chi connectivity index (χ4v) is 1.34. The maximum atomic E-state index is 8.48. The first kappa shape index (κ1) is 12.0. The molecular formula is C11H23O. The topological polar surface area (TPSA) is 20.2 Å². The molecule has 0 aromatic heterocycles. The Hall–Kier alpha value is -0.0400. The second kappa shape index (κ2) is 11.0. The molecule has 1 heteroatoms. The molecule has 1 nitrogen and oxygen atoms in total. The molecule has 0 fully saturated rings. The van der Waals surface area contributed by atoms with Crippen LogP contribution in [0.3, 0.4) is 0 Å². The molecule has 0 aromatic rings. The lowest BCUT2D eigenvalue weighted by Gasteiger charge is -1.99. The first-order valence-corrected chi connectivity index (χ1v) is 5.34. The molecule has 0 unspecified atom stereocenters. The van der Waals surface area contributed by atoms with Crippen LogP contribution in [-0.4, -0.2) is 11.7 Å². The Kier molecular flexibility index (Phi) is 10.9. The van der Waals surface area contributed by atoms with E-state index >= 15 is 0 Å². The highest BCUT2D eigenvalue weighted by Crippen LogP contribution is 2.08. The van der Waals surface area contributed by atoms with Crippen LogP contribution in [0.15, 0.2) is 0 Å². The fraction of sp³-hybridized carbons (Fsp3) is 0.909. The van der Waals surface area contributed by atoms with Gasteiger partial charge in [-0.25, -0.2) is 0 Å². The molecular weight excluding hydrogens is 148 g/mol. The zero-order chi connectivity index (χ0) is 9.07. The molecule has 0 bridgehead atoms. The molecule has 0 aliphatic carbocycles. The van der Waals surface area contributed by atoms with Gasteiger partial charge in [-0.05, 0) is 12.8 Å². The minimum absolute atomic E-state index is 0.246. The van der Waals surface area contributed by atoms with Crippen LogP contribution in [-0.2, 0) is 0 Å². The highest BCUT2D eigenvalue weighted by molar-refractivity contribution is 4.61. The van der Waals surface area contributed by atoms with Crippen molar-refractivity contribution in [2.75, 3.05) is 6.61 Å². The van der Waals surface area contributed by atoms with Crippen molar-refractivity contribution >= 4 is 0 Å². The van der Waals surface area contributed by atoms with Gasteiger partial charge in [-0.2, -0.15) is 0 Å². The van der Waals surface area contributed by atoms with Crippen molar-refractivity contribution < 1.29 is 5.11 Å². The summed E-state index contributed by atoms with van der Waals surface area (Å²) in [7, 11) is 0. The molecule has 1 radical (unpaired) electrons. The van der Waals surface area contributed by atoms with Crippen LogP contribution in [0.25, 0.3) is 0 Å². The number of hydrogen-bond acceptors (Lipinski definition) is 1. The van der Waals surface area contributed by atoms with E-state index in [1.807, 2.05) is 6.42 Å². The average Bonchev–Trinajstić information content (AvgIpc) is 2.10. The van der Waals surface area contributed by atoms with E-state index in [0.29, 0.717) is 0 Å². The largest absolute Gasteiger partial charge is 0.396 e. The summed E-state index contributed by atoms with van der Waals surface area (Å²) in [6.45, 7) is 2.49. The predicted molar refractivity (Wildman–Crippen MR) is 54.0 cm³/mol. The summed E-state index contributed by atoms with van der Waals surface area (Å²) in [6.07, 6.45) is 12.5. The minimum Gasteiger partial charge on any atom is -0.396 e. The Morgan fingerprint density at radius 1 is 0.917 bits per heavy atom. The van der Waals surface area contributed by atoms with E-state index in [0.717, 1.165) is 6.42 Å². The SMILES string of the molecule is CCCCCCCCC[CH]CO. The third-order valence-electron chi connectivity index (χ3n) is 2.14. The van der Waals surface area contributed by atoms with Crippen molar-refractivity contribution in [1.29, 1.82) is 0 Å². The monoisotopic (exact) mass is 171 g/mol. The summed E-state index contributed by atoms with van der Waals surface area (Å²) >= 11 is 0. The van der Waals surface area contributed by atoms with Gasteiger partial charge in [0.1, 0.15) is 0 Å². The minimum atomic E-state index is 0.246. The highest BCUT2D eigenvalue weighted by Gasteiger charge is 1.90. The summed E-state index contributed by atoms with van der Waals surface area (Å²) in [5, 5.41) is 8.48. The quantitative estimate of drug-likeness (QED) is 0.528. The maximum absolute atomic E-state index is 8.48. The van der Waals surface area contributed by atoms with Gasteiger partial charge < -0.3 is 5.11 Å². The molecule has 0 aliphatic rings. The Labute approximate surface area is 77.2 Å². The predicted octanol–water partition coefficient (Wildman–Crippen LogP) is 3.32. The van der Waals surface area contributed by atoms with Gasteiger partial charge in [0.2, 0.25) is 0 Å². The number of unbranched alkanes of at least 4 members (excludes halogenated alkanes) is 8. The van der Waals surface area contributed by atoms with Gasteiger partial charge in [0.25, 0.3) is 0 Å². The summed E-state index contributed by atoms with van der Waals surface area (Å²) in [6, 6.07) is 0. The van der Waals surface area contributed by atoms with E-state index in [1.165, 1.54) is 44.9 Å². The van der Waals surface area contributed by atoms with Gasteiger partial charge >= 0.3 is 0 Å². The fourth-order valence-electron chi connectivity index (χ4n) is 1.34. The molecule has 1 N–H and O–H groups in total. The van der Waals surface area contributed by atoms with Crippen molar-refractivity contribution in [3.8, 4) is 0 Å².